The Morgan fingerprint density at radius 3 is 2.14 bits per heavy atom. The molecule has 1 aromatic carbocycles. The summed E-state index contributed by atoms with van der Waals surface area (Å²) < 4.78 is 0. The van der Waals surface area contributed by atoms with Crippen molar-refractivity contribution in [1.82, 2.24) is 4.90 Å². The minimum absolute atomic E-state index is 0. The second-order valence-electron chi connectivity index (χ2n) is 5.04. The van der Waals surface area contributed by atoms with Gasteiger partial charge >= 0.3 is 0 Å². The first-order valence-electron chi connectivity index (χ1n) is 7.10. The zero-order chi connectivity index (χ0) is 14.4. The van der Waals surface area contributed by atoms with Crippen molar-refractivity contribution in [1.29, 1.82) is 0 Å². The summed E-state index contributed by atoms with van der Waals surface area (Å²) in [5.74, 6) is -0.166. The van der Waals surface area contributed by atoms with Crippen LogP contribution in [0, 0.1) is 0 Å². The Morgan fingerprint density at radius 2 is 1.62 bits per heavy atom. The second kappa shape index (κ2) is 8.64. The minimum atomic E-state index is -0.239. The SMILES string of the molecule is Cl.NCC(=O)Nc1ccc(C(=O)N2CCCCCC2)cc1. The summed E-state index contributed by atoms with van der Waals surface area (Å²) in [7, 11) is 0. The van der Waals surface area contributed by atoms with Crippen LogP contribution in [0.15, 0.2) is 24.3 Å². The average Bonchev–Trinajstić information content (AvgIpc) is 2.76. The van der Waals surface area contributed by atoms with E-state index in [0.717, 1.165) is 25.9 Å². The number of hydrogen-bond donors (Lipinski definition) is 2. The van der Waals surface area contributed by atoms with Crippen molar-refractivity contribution in [3.63, 3.8) is 0 Å². The van der Waals surface area contributed by atoms with E-state index in [1.165, 1.54) is 12.8 Å². The number of carbonyl (C=O) groups excluding carboxylic acids is 2. The predicted molar refractivity (Wildman–Crippen MR) is 85.7 cm³/mol. The summed E-state index contributed by atoms with van der Waals surface area (Å²) in [6.45, 7) is 1.63. The smallest absolute Gasteiger partial charge is 0.253 e. The highest BCUT2D eigenvalue weighted by atomic mass is 35.5. The van der Waals surface area contributed by atoms with E-state index in [9.17, 15) is 9.59 Å². The van der Waals surface area contributed by atoms with Gasteiger partial charge in [0, 0.05) is 24.3 Å². The van der Waals surface area contributed by atoms with Crippen molar-refractivity contribution in [3.05, 3.63) is 29.8 Å². The van der Waals surface area contributed by atoms with Gasteiger partial charge in [-0.25, -0.2) is 0 Å². The zero-order valence-electron chi connectivity index (χ0n) is 12.0. The molecule has 116 valence electrons. The normalized spacial score (nSPS) is 14.8. The Hall–Kier alpha value is -1.59. The van der Waals surface area contributed by atoms with Gasteiger partial charge in [0.1, 0.15) is 0 Å². The van der Waals surface area contributed by atoms with E-state index in [1.54, 1.807) is 24.3 Å². The van der Waals surface area contributed by atoms with E-state index in [-0.39, 0.29) is 30.8 Å². The molecule has 1 heterocycles. The Labute approximate surface area is 131 Å². The number of hydrogen-bond acceptors (Lipinski definition) is 3. The van der Waals surface area contributed by atoms with Gasteiger partial charge in [0.2, 0.25) is 5.91 Å². The van der Waals surface area contributed by atoms with E-state index >= 15 is 0 Å². The first kappa shape index (κ1) is 17.5. The number of rotatable bonds is 3. The van der Waals surface area contributed by atoms with Gasteiger partial charge in [-0.2, -0.15) is 0 Å². The molecular formula is C15H22ClN3O2. The highest BCUT2D eigenvalue weighted by molar-refractivity contribution is 5.96. The molecule has 0 saturated carbocycles. The number of anilines is 1. The van der Waals surface area contributed by atoms with Gasteiger partial charge in [0.15, 0.2) is 0 Å². The fourth-order valence-electron chi connectivity index (χ4n) is 2.36. The molecule has 1 fully saturated rings. The second-order valence-corrected chi connectivity index (χ2v) is 5.04. The largest absolute Gasteiger partial charge is 0.339 e. The molecule has 1 aromatic rings. The fraction of sp³-hybridized carbons (Fsp3) is 0.467. The maximum atomic E-state index is 12.4. The standard InChI is InChI=1S/C15H21N3O2.ClH/c16-11-14(19)17-13-7-5-12(6-8-13)15(20)18-9-3-1-2-4-10-18;/h5-8H,1-4,9-11,16H2,(H,17,19);1H. The van der Waals surface area contributed by atoms with Crippen molar-refractivity contribution in [2.24, 2.45) is 5.73 Å². The van der Waals surface area contributed by atoms with Gasteiger partial charge < -0.3 is 16.0 Å². The zero-order valence-corrected chi connectivity index (χ0v) is 12.8. The fourth-order valence-corrected chi connectivity index (χ4v) is 2.36. The number of halogens is 1. The number of nitrogens with zero attached hydrogens (tertiary/aromatic N) is 1. The van der Waals surface area contributed by atoms with E-state index in [4.69, 9.17) is 5.73 Å². The summed E-state index contributed by atoms with van der Waals surface area (Å²) in [5, 5.41) is 2.66. The summed E-state index contributed by atoms with van der Waals surface area (Å²) in [4.78, 5) is 25.5. The van der Waals surface area contributed by atoms with Gasteiger partial charge in [0.25, 0.3) is 5.91 Å². The molecule has 21 heavy (non-hydrogen) atoms. The lowest BCUT2D eigenvalue weighted by molar-refractivity contribution is -0.114. The van der Waals surface area contributed by atoms with Crippen molar-refractivity contribution in [2.75, 3.05) is 25.0 Å². The van der Waals surface area contributed by atoms with Gasteiger partial charge in [-0.3, -0.25) is 9.59 Å². The van der Waals surface area contributed by atoms with Crippen molar-refractivity contribution < 1.29 is 9.59 Å². The van der Waals surface area contributed by atoms with Crippen molar-refractivity contribution in [3.8, 4) is 0 Å². The Morgan fingerprint density at radius 1 is 1.05 bits per heavy atom. The van der Waals surface area contributed by atoms with Crippen LogP contribution in [0.2, 0.25) is 0 Å². The van der Waals surface area contributed by atoms with Gasteiger partial charge in [-0.15, -0.1) is 12.4 Å². The monoisotopic (exact) mass is 311 g/mol. The molecule has 2 amide bonds. The number of likely N-dealkylation sites (tertiary alicyclic amines) is 1. The van der Waals surface area contributed by atoms with Crippen LogP contribution in [0.1, 0.15) is 36.0 Å². The van der Waals surface area contributed by atoms with Crippen LogP contribution in [0.3, 0.4) is 0 Å². The minimum Gasteiger partial charge on any atom is -0.339 e. The molecule has 0 aromatic heterocycles. The van der Waals surface area contributed by atoms with Crippen LogP contribution in [0.25, 0.3) is 0 Å². The van der Waals surface area contributed by atoms with Crippen LogP contribution in [-0.4, -0.2) is 36.3 Å². The third-order valence-corrected chi connectivity index (χ3v) is 3.49. The molecule has 6 heteroatoms. The van der Waals surface area contributed by atoms with Crippen molar-refractivity contribution >= 4 is 29.9 Å². The summed E-state index contributed by atoms with van der Waals surface area (Å²) in [6.07, 6.45) is 4.56. The third-order valence-electron chi connectivity index (χ3n) is 3.49. The lowest BCUT2D eigenvalue weighted by atomic mass is 10.1. The van der Waals surface area contributed by atoms with E-state index in [0.29, 0.717) is 11.3 Å². The highest BCUT2D eigenvalue weighted by Gasteiger charge is 2.17. The molecule has 0 bridgehead atoms. The molecule has 1 aliphatic heterocycles. The Bertz CT molecular complexity index is 468. The molecule has 1 saturated heterocycles. The highest BCUT2D eigenvalue weighted by Crippen LogP contribution is 2.15. The Balaban J connectivity index is 0.00000220. The first-order valence-corrected chi connectivity index (χ1v) is 7.10. The van der Waals surface area contributed by atoms with Crippen LogP contribution in [-0.2, 0) is 4.79 Å². The third kappa shape index (κ3) is 5.02. The quantitative estimate of drug-likeness (QED) is 0.896. The molecule has 2 rings (SSSR count). The molecule has 0 aliphatic carbocycles. The molecule has 0 atom stereocenters. The number of carbonyl (C=O) groups is 2. The van der Waals surface area contributed by atoms with E-state index in [1.807, 2.05) is 4.90 Å². The number of amides is 2. The summed E-state index contributed by atoms with van der Waals surface area (Å²) in [6, 6.07) is 6.97. The lowest BCUT2D eigenvalue weighted by Crippen LogP contribution is -2.31. The van der Waals surface area contributed by atoms with Crippen LogP contribution >= 0.6 is 12.4 Å². The van der Waals surface area contributed by atoms with Crippen LogP contribution in [0.5, 0.6) is 0 Å². The molecular weight excluding hydrogens is 290 g/mol. The molecule has 0 unspecified atom stereocenters. The van der Waals surface area contributed by atoms with E-state index in [2.05, 4.69) is 5.32 Å². The van der Waals surface area contributed by atoms with Crippen molar-refractivity contribution in [2.45, 2.75) is 25.7 Å². The predicted octanol–water partition coefficient (Wildman–Crippen LogP) is 2.02. The topological polar surface area (TPSA) is 75.4 Å². The molecule has 1 aliphatic rings. The molecule has 0 spiro atoms. The van der Waals surface area contributed by atoms with Crippen LogP contribution in [0.4, 0.5) is 5.69 Å². The number of nitrogens with two attached hydrogens (primary N) is 1. The van der Waals surface area contributed by atoms with E-state index < -0.39 is 0 Å². The Kier molecular flexibility index (Phi) is 7.19. The van der Waals surface area contributed by atoms with Gasteiger partial charge in [-0.1, -0.05) is 12.8 Å². The van der Waals surface area contributed by atoms with Crippen LogP contribution < -0.4 is 11.1 Å². The number of nitrogens with one attached hydrogen (secondary N) is 1. The molecule has 0 radical (unpaired) electrons. The average molecular weight is 312 g/mol. The van der Waals surface area contributed by atoms with Gasteiger partial charge in [-0.05, 0) is 37.1 Å². The van der Waals surface area contributed by atoms with Gasteiger partial charge in [0.05, 0.1) is 6.54 Å². The summed E-state index contributed by atoms with van der Waals surface area (Å²) >= 11 is 0. The molecule has 3 N–H and O–H groups in total. The lowest BCUT2D eigenvalue weighted by Gasteiger charge is -2.20. The number of benzene rings is 1. The maximum absolute atomic E-state index is 12.4. The first-order chi connectivity index (χ1) is 9.70. The summed E-state index contributed by atoms with van der Waals surface area (Å²) in [5.41, 5.74) is 6.56. The maximum Gasteiger partial charge on any atom is 0.253 e. The molecule has 5 nitrogen and oxygen atoms in total.